The number of thiazole rings is 1. The molecule has 3 N–H and O–H groups in total. The quantitative estimate of drug-likeness (QED) is 0.0905. The van der Waals surface area contributed by atoms with E-state index in [1.54, 1.807) is 12.3 Å². The number of carbonyl (C=O) groups is 2. The number of alkyl halides is 2. The van der Waals surface area contributed by atoms with Crippen molar-refractivity contribution >= 4 is 51.4 Å². The molecule has 1 unspecified atom stereocenters. The summed E-state index contributed by atoms with van der Waals surface area (Å²) in [7, 11) is 1.00. The molecule has 214 valence electrons. The average molecular weight is 636 g/mol. The number of aliphatic hydroxyl groups is 1. The highest BCUT2D eigenvalue weighted by Crippen LogP contribution is 2.40. The largest absolute Gasteiger partial charge is 0.463 e. The molecule has 1 aliphatic heterocycles. The molecule has 2 aromatic rings. The molecule has 0 aliphatic carbocycles. The first-order chi connectivity index (χ1) is 18.7. The number of hydrogen-bond acceptors (Lipinski definition) is 9. The maximum Gasteiger partial charge on any atom is 0.336 e. The Morgan fingerprint density at radius 3 is 2.77 bits per heavy atom. The summed E-state index contributed by atoms with van der Waals surface area (Å²) in [6.45, 7) is 0.670. The minimum atomic E-state index is -3.00. The van der Waals surface area contributed by atoms with Gasteiger partial charge in [-0.15, -0.1) is 11.3 Å². The van der Waals surface area contributed by atoms with Gasteiger partial charge in [0.15, 0.2) is 0 Å². The summed E-state index contributed by atoms with van der Waals surface area (Å²) in [6, 6.07) is 2.12. The van der Waals surface area contributed by atoms with E-state index in [1.165, 1.54) is 40.6 Å². The number of aromatic nitrogens is 1. The van der Waals surface area contributed by atoms with Crippen molar-refractivity contribution in [1.82, 2.24) is 9.88 Å². The third-order valence-corrected chi connectivity index (χ3v) is 7.14. The van der Waals surface area contributed by atoms with E-state index < -0.39 is 42.8 Å². The van der Waals surface area contributed by atoms with Crippen LogP contribution >= 0.6 is 27.3 Å². The van der Waals surface area contributed by atoms with Crippen LogP contribution in [0, 0.1) is 5.82 Å². The Kier molecular flexibility index (Phi) is 13.2. The second-order valence-corrected chi connectivity index (χ2v) is 9.89. The maximum atomic E-state index is 14.5. The number of ether oxygens (including phenoxy) is 2. The van der Waals surface area contributed by atoms with E-state index >= 15 is 0 Å². The number of aliphatic imine (C=N–C) groups is 1. The van der Waals surface area contributed by atoms with Crippen LogP contribution < -0.4 is 5.73 Å². The van der Waals surface area contributed by atoms with Gasteiger partial charge in [0.25, 0.3) is 5.92 Å². The number of rotatable bonds is 12. The van der Waals surface area contributed by atoms with Crippen molar-refractivity contribution in [2.24, 2.45) is 10.7 Å². The van der Waals surface area contributed by atoms with E-state index in [9.17, 15) is 22.8 Å². The summed E-state index contributed by atoms with van der Waals surface area (Å²) in [5, 5.41) is 9.09. The molecule has 0 bridgehead atoms. The number of halogens is 4. The maximum absolute atomic E-state index is 14.5. The topological polar surface area (TPSA) is 127 Å². The summed E-state index contributed by atoms with van der Waals surface area (Å²) >= 11 is 4.54. The number of carbonyl (C=O) groups excluding carboxylic acids is 2. The molecule has 1 aromatic heterocycles. The lowest BCUT2D eigenvalue weighted by atomic mass is 9.94. The monoisotopic (exact) mass is 634 g/mol. The van der Waals surface area contributed by atoms with Crippen LogP contribution in [0.2, 0.25) is 0 Å². The Bertz CT molecular complexity index is 1150. The van der Waals surface area contributed by atoms with Crippen LogP contribution in [-0.4, -0.2) is 85.6 Å². The standard InChI is InChI=1S/C24H26BrF3N4O4S.CH4O/c1-2-36-23(34)20(21(31-14-29)17-4-3-15(26)9-19(17)25)18(22-30-5-8-37-22)11-32-13-24(27,28)10-16(32)12-35-7-6-33;1-2/h3-6,8-9,14,16,21H,2,7,10-13H2,1H3,(H2,29,31);2H,1H3/b20-18+;/t16?,21-;/m0./s1. The highest BCUT2D eigenvalue weighted by Gasteiger charge is 2.46. The summed E-state index contributed by atoms with van der Waals surface area (Å²) in [6.07, 6.45) is 2.62. The molecule has 9 nitrogen and oxygen atoms in total. The van der Waals surface area contributed by atoms with Gasteiger partial charge in [0.05, 0.1) is 31.7 Å². The fraction of sp³-hybridized carbons (Fsp3) is 0.440. The van der Waals surface area contributed by atoms with Crippen molar-refractivity contribution in [3.8, 4) is 0 Å². The smallest absolute Gasteiger partial charge is 0.336 e. The zero-order chi connectivity index (χ0) is 29.0. The van der Waals surface area contributed by atoms with Crippen molar-refractivity contribution in [2.75, 3.05) is 40.0 Å². The first-order valence-corrected chi connectivity index (χ1v) is 13.4. The van der Waals surface area contributed by atoms with E-state index in [0.717, 1.165) is 13.4 Å². The van der Waals surface area contributed by atoms with Crippen molar-refractivity contribution in [3.05, 3.63) is 56.2 Å². The van der Waals surface area contributed by atoms with E-state index in [1.807, 2.05) is 0 Å². The zero-order valence-electron chi connectivity index (χ0n) is 21.4. The van der Waals surface area contributed by atoms with E-state index in [4.69, 9.17) is 20.3 Å². The fourth-order valence-corrected chi connectivity index (χ4v) is 5.39. The highest BCUT2D eigenvalue weighted by atomic mass is 79.9. The molecular formula is C25H30BrF3N4O5S. The van der Waals surface area contributed by atoms with Crippen molar-refractivity contribution < 1.29 is 37.3 Å². The van der Waals surface area contributed by atoms with Gasteiger partial charge < -0.3 is 25.1 Å². The van der Waals surface area contributed by atoms with Gasteiger partial charge in [-0.05, 0) is 24.6 Å². The minimum absolute atomic E-state index is 0.0357. The molecule has 2 atom stereocenters. The molecule has 2 heterocycles. The Morgan fingerprint density at radius 1 is 1.44 bits per heavy atom. The van der Waals surface area contributed by atoms with Crippen molar-refractivity contribution in [1.29, 1.82) is 0 Å². The minimum Gasteiger partial charge on any atom is -0.463 e. The summed E-state index contributed by atoms with van der Waals surface area (Å²) < 4.78 is 53.8. The van der Waals surface area contributed by atoms with Crippen molar-refractivity contribution in [2.45, 2.75) is 31.4 Å². The third-order valence-electron chi connectivity index (χ3n) is 5.62. The molecule has 1 aromatic carbocycles. The first-order valence-electron chi connectivity index (χ1n) is 11.8. The van der Waals surface area contributed by atoms with Crippen LogP contribution in [0.4, 0.5) is 13.2 Å². The average Bonchev–Trinajstić information content (AvgIpc) is 3.52. The number of likely N-dealkylation sites (tertiary alicyclic amines) is 1. The van der Waals surface area contributed by atoms with Gasteiger partial charge in [0.1, 0.15) is 29.8 Å². The van der Waals surface area contributed by atoms with Crippen LogP contribution in [0.3, 0.4) is 0 Å². The SMILES string of the molecule is CCOC(=O)/C(=C(\CN1CC(F)(F)CC1COCC=O)c1nccs1)[C@@H](N=CN)c1ccc(F)cc1Br.CO. The Labute approximate surface area is 236 Å². The van der Waals surface area contributed by atoms with Gasteiger partial charge in [-0.3, -0.25) is 9.89 Å². The molecule has 1 saturated heterocycles. The molecule has 1 aliphatic rings. The van der Waals surface area contributed by atoms with Crippen molar-refractivity contribution in [3.63, 3.8) is 0 Å². The number of esters is 1. The third kappa shape index (κ3) is 8.93. The van der Waals surface area contributed by atoms with Gasteiger partial charge in [-0.1, -0.05) is 22.0 Å². The van der Waals surface area contributed by atoms with Gasteiger partial charge in [-0.25, -0.2) is 22.9 Å². The van der Waals surface area contributed by atoms with Crippen LogP contribution in [0.25, 0.3) is 5.57 Å². The van der Waals surface area contributed by atoms with E-state index in [0.29, 0.717) is 26.9 Å². The molecule has 14 heteroatoms. The molecule has 39 heavy (non-hydrogen) atoms. The van der Waals surface area contributed by atoms with Crippen LogP contribution in [-0.2, 0) is 19.1 Å². The van der Waals surface area contributed by atoms with E-state index in [-0.39, 0.29) is 31.9 Å². The van der Waals surface area contributed by atoms with Gasteiger partial charge in [0.2, 0.25) is 0 Å². The van der Waals surface area contributed by atoms with Gasteiger partial charge >= 0.3 is 5.97 Å². The molecule has 0 amide bonds. The Morgan fingerprint density at radius 2 is 2.18 bits per heavy atom. The van der Waals surface area contributed by atoms with Crippen LogP contribution in [0.5, 0.6) is 0 Å². The van der Waals surface area contributed by atoms with Crippen LogP contribution in [0.15, 0.2) is 44.8 Å². The second kappa shape index (κ2) is 15.8. The highest BCUT2D eigenvalue weighted by molar-refractivity contribution is 9.10. The lowest BCUT2D eigenvalue weighted by Crippen LogP contribution is -2.36. The molecule has 3 rings (SSSR count). The predicted molar refractivity (Wildman–Crippen MR) is 145 cm³/mol. The molecular weight excluding hydrogens is 605 g/mol. The Hall–Kier alpha value is -2.65. The molecule has 0 spiro atoms. The second-order valence-electron chi connectivity index (χ2n) is 8.14. The number of nitrogens with two attached hydrogens (primary N) is 1. The molecule has 1 fully saturated rings. The summed E-state index contributed by atoms with van der Waals surface area (Å²) in [5.41, 5.74) is 6.41. The lowest BCUT2D eigenvalue weighted by Gasteiger charge is -2.27. The van der Waals surface area contributed by atoms with E-state index in [2.05, 4.69) is 25.9 Å². The number of hydrogen-bond donors (Lipinski definition) is 2. The van der Waals surface area contributed by atoms with Crippen LogP contribution in [0.1, 0.15) is 30.0 Å². The Balaban J connectivity index is 0.00000260. The molecule has 0 saturated carbocycles. The normalized spacial score (nSPS) is 18.3. The zero-order valence-corrected chi connectivity index (χ0v) is 23.8. The lowest BCUT2D eigenvalue weighted by molar-refractivity contribution is -0.138. The number of aldehydes is 1. The fourth-order valence-electron chi connectivity index (χ4n) is 4.14. The summed E-state index contributed by atoms with van der Waals surface area (Å²) in [5.74, 6) is -4.24. The van der Waals surface area contributed by atoms with Gasteiger partial charge in [0, 0.05) is 47.7 Å². The molecule has 0 radical (unpaired) electrons. The predicted octanol–water partition coefficient (Wildman–Crippen LogP) is 3.62. The number of benzene rings is 1. The first kappa shape index (κ1) is 32.6. The van der Waals surface area contributed by atoms with Gasteiger partial charge in [-0.2, -0.15) is 0 Å². The number of nitrogens with zero attached hydrogens (tertiary/aromatic N) is 3. The number of aliphatic hydroxyl groups excluding tert-OH is 1. The summed E-state index contributed by atoms with van der Waals surface area (Å²) in [4.78, 5) is 34.2.